The zero-order valence-electron chi connectivity index (χ0n) is 16.1. The lowest BCUT2D eigenvalue weighted by Crippen LogP contribution is -2.19. The third-order valence-corrected chi connectivity index (χ3v) is 4.50. The number of rotatable bonds is 4. The fraction of sp³-hybridized carbons (Fsp3) is 0.0435. The Bertz CT molecular complexity index is 1310. The first-order valence-corrected chi connectivity index (χ1v) is 9.27. The van der Waals surface area contributed by atoms with Gasteiger partial charge in [-0.25, -0.2) is 4.98 Å². The minimum Gasteiger partial charge on any atom is -0.326 e. The fourth-order valence-corrected chi connectivity index (χ4v) is 3.12. The van der Waals surface area contributed by atoms with E-state index in [1.807, 2.05) is 30.3 Å². The molecule has 0 unspecified atom stereocenters. The van der Waals surface area contributed by atoms with E-state index in [1.54, 1.807) is 42.5 Å². The number of carbonyl (C=O) groups excluding carboxylic acids is 2. The maximum Gasteiger partial charge on any atom is 0.265 e. The number of nitrogens with zero attached hydrogens (tertiary/aromatic N) is 2. The fourth-order valence-electron chi connectivity index (χ4n) is 3.12. The summed E-state index contributed by atoms with van der Waals surface area (Å²) in [5.74, 6) is -0.536. The van der Waals surface area contributed by atoms with E-state index in [0.29, 0.717) is 27.8 Å². The number of amides is 2. The van der Waals surface area contributed by atoms with Gasteiger partial charge in [-0.3, -0.25) is 19.0 Å². The van der Waals surface area contributed by atoms with Crippen molar-refractivity contribution in [2.24, 2.45) is 0 Å². The Morgan fingerprint density at radius 1 is 0.867 bits per heavy atom. The Balaban J connectivity index is 1.62. The molecule has 0 bridgehead atoms. The van der Waals surface area contributed by atoms with Gasteiger partial charge < -0.3 is 10.6 Å². The number of para-hydroxylation sites is 1. The zero-order valence-corrected chi connectivity index (χ0v) is 16.1. The van der Waals surface area contributed by atoms with Crippen molar-refractivity contribution in [2.75, 3.05) is 10.6 Å². The van der Waals surface area contributed by atoms with Gasteiger partial charge in [0.2, 0.25) is 5.91 Å². The molecule has 1 heterocycles. The molecule has 0 spiro atoms. The second-order valence-corrected chi connectivity index (χ2v) is 6.70. The molecule has 0 atom stereocenters. The molecule has 30 heavy (non-hydrogen) atoms. The normalized spacial score (nSPS) is 10.6. The van der Waals surface area contributed by atoms with Crippen LogP contribution in [0.15, 0.2) is 83.9 Å². The van der Waals surface area contributed by atoms with Crippen LogP contribution in [0, 0.1) is 0 Å². The molecule has 4 aromatic rings. The number of aromatic nitrogens is 2. The molecule has 0 saturated carbocycles. The van der Waals surface area contributed by atoms with Gasteiger partial charge in [-0.15, -0.1) is 0 Å². The molecule has 4 rings (SSSR count). The Morgan fingerprint density at radius 2 is 1.60 bits per heavy atom. The number of carbonyl (C=O) groups is 2. The second kappa shape index (κ2) is 8.00. The Hall–Kier alpha value is -4.26. The van der Waals surface area contributed by atoms with E-state index in [-0.39, 0.29) is 17.4 Å². The first-order valence-electron chi connectivity index (χ1n) is 9.27. The highest BCUT2D eigenvalue weighted by Crippen LogP contribution is 2.17. The molecule has 7 heteroatoms. The van der Waals surface area contributed by atoms with Crippen molar-refractivity contribution in [1.82, 2.24) is 9.55 Å². The van der Waals surface area contributed by atoms with Crippen LogP contribution in [-0.4, -0.2) is 21.4 Å². The molecule has 0 radical (unpaired) electrons. The van der Waals surface area contributed by atoms with Crippen LogP contribution in [0.25, 0.3) is 16.6 Å². The molecule has 0 aliphatic rings. The standard InChI is InChI=1S/C23H18N4O3/c1-15(28)25-17-6-5-7-18(13-17)26-22(29)16-10-11-20-21(12-16)24-14-27(23(20)30)19-8-3-2-4-9-19/h2-14H,1H3,(H,25,28)(H,26,29). The monoisotopic (exact) mass is 398 g/mol. The number of benzene rings is 3. The van der Waals surface area contributed by atoms with Crippen molar-refractivity contribution in [3.8, 4) is 5.69 Å². The molecule has 1 aromatic heterocycles. The number of nitrogens with one attached hydrogen (secondary N) is 2. The lowest BCUT2D eigenvalue weighted by Gasteiger charge is -2.09. The van der Waals surface area contributed by atoms with Crippen molar-refractivity contribution in [3.05, 3.63) is 95.0 Å². The second-order valence-electron chi connectivity index (χ2n) is 6.70. The number of anilines is 2. The predicted molar refractivity (Wildman–Crippen MR) is 116 cm³/mol. The highest BCUT2D eigenvalue weighted by molar-refractivity contribution is 6.06. The SMILES string of the molecule is CC(=O)Nc1cccc(NC(=O)c2ccc3c(=O)n(-c4ccccc4)cnc3c2)c1. The zero-order chi connectivity index (χ0) is 21.1. The van der Waals surface area contributed by atoms with Gasteiger partial charge in [0.1, 0.15) is 6.33 Å². The molecule has 2 amide bonds. The Kier molecular flexibility index (Phi) is 5.09. The minimum absolute atomic E-state index is 0.194. The molecule has 2 N–H and O–H groups in total. The van der Waals surface area contributed by atoms with Crippen molar-refractivity contribution in [3.63, 3.8) is 0 Å². The largest absolute Gasteiger partial charge is 0.326 e. The minimum atomic E-state index is -0.342. The van der Waals surface area contributed by atoms with Crippen LogP contribution in [0.3, 0.4) is 0 Å². The summed E-state index contributed by atoms with van der Waals surface area (Å²) in [7, 11) is 0. The highest BCUT2D eigenvalue weighted by atomic mass is 16.2. The lowest BCUT2D eigenvalue weighted by atomic mass is 10.1. The molecule has 148 valence electrons. The summed E-state index contributed by atoms with van der Waals surface area (Å²) in [6, 6.07) is 20.8. The average molecular weight is 398 g/mol. The quantitative estimate of drug-likeness (QED) is 0.549. The Morgan fingerprint density at radius 3 is 2.33 bits per heavy atom. The molecule has 7 nitrogen and oxygen atoms in total. The summed E-state index contributed by atoms with van der Waals surface area (Å²) in [6.45, 7) is 1.42. The third-order valence-electron chi connectivity index (χ3n) is 4.50. The van der Waals surface area contributed by atoms with Crippen molar-refractivity contribution in [1.29, 1.82) is 0 Å². The summed E-state index contributed by atoms with van der Waals surface area (Å²) in [4.78, 5) is 41.0. The summed E-state index contributed by atoms with van der Waals surface area (Å²) in [5, 5.41) is 5.88. The predicted octanol–water partition coefficient (Wildman–Crippen LogP) is 3.60. The van der Waals surface area contributed by atoms with Crippen LogP contribution >= 0.6 is 0 Å². The number of hydrogen-bond acceptors (Lipinski definition) is 4. The van der Waals surface area contributed by atoms with Gasteiger partial charge in [0.25, 0.3) is 11.5 Å². The van der Waals surface area contributed by atoms with Gasteiger partial charge in [0.05, 0.1) is 16.6 Å². The first kappa shape index (κ1) is 19.1. The first-order chi connectivity index (χ1) is 14.5. The highest BCUT2D eigenvalue weighted by Gasteiger charge is 2.11. The van der Waals surface area contributed by atoms with Crippen LogP contribution < -0.4 is 16.2 Å². The lowest BCUT2D eigenvalue weighted by molar-refractivity contribution is -0.114. The van der Waals surface area contributed by atoms with E-state index in [9.17, 15) is 14.4 Å². The topological polar surface area (TPSA) is 93.1 Å². The molecule has 3 aromatic carbocycles. The maximum atomic E-state index is 12.8. The van der Waals surface area contributed by atoms with Gasteiger partial charge >= 0.3 is 0 Å². The van der Waals surface area contributed by atoms with E-state index in [2.05, 4.69) is 15.6 Å². The number of fused-ring (bicyclic) bond motifs is 1. The van der Waals surface area contributed by atoms with Gasteiger partial charge in [-0.05, 0) is 48.5 Å². The summed E-state index contributed by atoms with van der Waals surface area (Å²) >= 11 is 0. The van der Waals surface area contributed by atoms with E-state index >= 15 is 0 Å². The van der Waals surface area contributed by atoms with E-state index in [4.69, 9.17) is 0 Å². The van der Waals surface area contributed by atoms with Crippen molar-refractivity contribution < 1.29 is 9.59 Å². The summed E-state index contributed by atoms with van der Waals surface area (Å²) < 4.78 is 1.47. The number of hydrogen-bond donors (Lipinski definition) is 2. The van der Waals surface area contributed by atoms with Gasteiger partial charge in [-0.2, -0.15) is 0 Å². The van der Waals surface area contributed by atoms with Gasteiger partial charge in [0.15, 0.2) is 0 Å². The van der Waals surface area contributed by atoms with Crippen LogP contribution in [-0.2, 0) is 4.79 Å². The van der Waals surface area contributed by atoms with E-state index < -0.39 is 0 Å². The summed E-state index contributed by atoms with van der Waals surface area (Å²) in [6.07, 6.45) is 1.46. The maximum absolute atomic E-state index is 12.8. The molecular formula is C23H18N4O3. The van der Waals surface area contributed by atoms with Crippen LogP contribution in [0.2, 0.25) is 0 Å². The van der Waals surface area contributed by atoms with E-state index in [0.717, 1.165) is 5.69 Å². The van der Waals surface area contributed by atoms with E-state index in [1.165, 1.54) is 17.8 Å². The smallest absolute Gasteiger partial charge is 0.265 e. The van der Waals surface area contributed by atoms with Crippen molar-refractivity contribution >= 4 is 34.1 Å². The van der Waals surface area contributed by atoms with Crippen molar-refractivity contribution in [2.45, 2.75) is 6.92 Å². The Labute approximate surface area is 172 Å². The molecule has 0 aliphatic carbocycles. The third kappa shape index (κ3) is 3.95. The van der Waals surface area contributed by atoms with Crippen LogP contribution in [0.4, 0.5) is 11.4 Å². The van der Waals surface area contributed by atoms with Crippen LogP contribution in [0.1, 0.15) is 17.3 Å². The average Bonchev–Trinajstić information content (AvgIpc) is 2.74. The van der Waals surface area contributed by atoms with Crippen LogP contribution in [0.5, 0.6) is 0 Å². The molecule has 0 saturated heterocycles. The summed E-state index contributed by atoms with van der Waals surface area (Å²) in [5.41, 5.74) is 2.45. The molecule has 0 fully saturated rings. The molecular weight excluding hydrogens is 380 g/mol. The van der Waals surface area contributed by atoms with Gasteiger partial charge in [-0.1, -0.05) is 24.3 Å². The van der Waals surface area contributed by atoms with Gasteiger partial charge in [0, 0.05) is 23.9 Å². The molecule has 0 aliphatic heterocycles.